The van der Waals surface area contributed by atoms with Crippen LogP contribution in [0.4, 0.5) is 0 Å². The number of amides is 1. The zero-order chi connectivity index (χ0) is 11.5. The molecule has 88 valence electrons. The van der Waals surface area contributed by atoms with Gasteiger partial charge in [0, 0.05) is 17.5 Å². The molecule has 0 aliphatic heterocycles. The predicted octanol–water partition coefficient (Wildman–Crippen LogP) is 1.81. The van der Waals surface area contributed by atoms with Crippen molar-refractivity contribution >= 4 is 5.91 Å². The van der Waals surface area contributed by atoms with Gasteiger partial charge in [0.15, 0.2) is 0 Å². The Labute approximate surface area is 92.8 Å². The topological polar surface area (TPSA) is 55.1 Å². The Morgan fingerprint density at radius 1 is 1.47 bits per heavy atom. The van der Waals surface area contributed by atoms with Gasteiger partial charge in [0.1, 0.15) is 0 Å². The molecule has 1 rings (SSSR count). The number of rotatable bonds is 4. The molecular formula is C12H24N2O. The fourth-order valence-corrected chi connectivity index (χ4v) is 2.38. The van der Waals surface area contributed by atoms with Crippen LogP contribution in [0.1, 0.15) is 52.9 Å². The fourth-order valence-electron chi connectivity index (χ4n) is 2.38. The van der Waals surface area contributed by atoms with Gasteiger partial charge in [-0.2, -0.15) is 0 Å². The number of hydrogen-bond donors (Lipinski definition) is 2. The Morgan fingerprint density at radius 3 is 2.60 bits per heavy atom. The van der Waals surface area contributed by atoms with Gasteiger partial charge in [-0.1, -0.05) is 13.3 Å². The second-order valence-electron chi connectivity index (χ2n) is 5.39. The highest BCUT2D eigenvalue weighted by Gasteiger charge is 2.30. The summed E-state index contributed by atoms with van der Waals surface area (Å²) in [5, 5.41) is 3.13. The molecule has 2 atom stereocenters. The lowest BCUT2D eigenvalue weighted by Gasteiger charge is -2.27. The minimum atomic E-state index is -0.0709. The van der Waals surface area contributed by atoms with Crippen LogP contribution in [0.15, 0.2) is 0 Å². The summed E-state index contributed by atoms with van der Waals surface area (Å²) in [5.74, 6) is 0.345. The van der Waals surface area contributed by atoms with E-state index in [0.717, 1.165) is 32.1 Å². The van der Waals surface area contributed by atoms with Crippen LogP contribution >= 0.6 is 0 Å². The Hall–Kier alpha value is -0.570. The highest BCUT2D eigenvalue weighted by atomic mass is 16.2. The van der Waals surface area contributed by atoms with Gasteiger partial charge in [-0.25, -0.2) is 0 Å². The summed E-state index contributed by atoms with van der Waals surface area (Å²) in [6, 6.07) is 0.232. The Morgan fingerprint density at radius 2 is 2.13 bits per heavy atom. The lowest BCUT2D eigenvalue weighted by atomic mass is 9.97. The van der Waals surface area contributed by atoms with Gasteiger partial charge in [-0.15, -0.1) is 0 Å². The molecule has 0 bridgehead atoms. The van der Waals surface area contributed by atoms with Gasteiger partial charge in [0.2, 0.25) is 5.91 Å². The van der Waals surface area contributed by atoms with Gasteiger partial charge in [0.25, 0.3) is 0 Å². The van der Waals surface area contributed by atoms with Gasteiger partial charge >= 0.3 is 0 Å². The van der Waals surface area contributed by atoms with Gasteiger partial charge in [0.05, 0.1) is 0 Å². The van der Waals surface area contributed by atoms with Crippen LogP contribution in [0.25, 0.3) is 0 Å². The summed E-state index contributed by atoms with van der Waals surface area (Å²) in [6.07, 6.45) is 4.92. The molecule has 1 saturated carbocycles. The maximum Gasteiger partial charge on any atom is 0.223 e. The first-order chi connectivity index (χ1) is 6.94. The second kappa shape index (κ2) is 4.97. The van der Waals surface area contributed by atoms with Crippen LogP contribution in [0.3, 0.4) is 0 Å². The normalized spacial score (nSPS) is 26.7. The Bertz CT molecular complexity index is 226. The molecule has 2 unspecified atom stereocenters. The Balaban J connectivity index is 2.41. The molecule has 0 aromatic rings. The molecule has 0 aromatic heterocycles. The van der Waals surface area contributed by atoms with Crippen molar-refractivity contribution in [1.82, 2.24) is 5.32 Å². The van der Waals surface area contributed by atoms with Crippen molar-refractivity contribution in [1.29, 1.82) is 0 Å². The third-order valence-electron chi connectivity index (χ3n) is 3.18. The largest absolute Gasteiger partial charge is 0.351 e. The van der Waals surface area contributed by atoms with E-state index in [1.54, 1.807) is 0 Å². The fraction of sp³-hybridized carbons (Fsp3) is 0.917. The quantitative estimate of drug-likeness (QED) is 0.746. The van der Waals surface area contributed by atoms with E-state index in [-0.39, 0.29) is 23.4 Å². The summed E-state index contributed by atoms with van der Waals surface area (Å²) >= 11 is 0. The zero-order valence-corrected chi connectivity index (χ0v) is 10.2. The molecule has 1 amide bonds. The van der Waals surface area contributed by atoms with E-state index in [1.807, 2.05) is 0 Å². The second-order valence-corrected chi connectivity index (χ2v) is 5.39. The van der Waals surface area contributed by atoms with E-state index in [1.165, 1.54) is 0 Å². The molecule has 1 aliphatic rings. The molecule has 3 heteroatoms. The van der Waals surface area contributed by atoms with Crippen molar-refractivity contribution in [3.63, 3.8) is 0 Å². The van der Waals surface area contributed by atoms with E-state index in [2.05, 4.69) is 26.1 Å². The molecule has 0 saturated heterocycles. The first-order valence-corrected chi connectivity index (χ1v) is 6.02. The molecule has 0 radical (unpaired) electrons. The number of nitrogens with one attached hydrogen (secondary N) is 1. The van der Waals surface area contributed by atoms with Gasteiger partial charge < -0.3 is 11.1 Å². The molecule has 0 aromatic carbocycles. The molecule has 15 heavy (non-hydrogen) atoms. The molecule has 0 heterocycles. The predicted molar refractivity (Wildman–Crippen MR) is 62.4 cm³/mol. The summed E-state index contributed by atoms with van der Waals surface area (Å²) in [7, 11) is 0. The highest BCUT2D eigenvalue weighted by Crippen LogP contribution is 2.25. The van der Waals surface area contributed by atoms with Crippen molar-refractivity contribution in [2.75, 3.05) is 0 Å². The highest BCUT2D eigenvalue weighted by molar-refractivity contribution is 5.79. The van der Waals surface area contributed by atoms with Crippen LogP contribution in [-0.4, -0.2) is 17.5 Å². The maximum absolute atomic E-state index is 11.9. The lowest BCUT2D eigenvalue weighted by molar-refractivity contribution is -0.126. The van der Waals surface area contributed by atoms with E-state index in [4.69, 9.17) is 5.73 Å². The van der Waals surface area contributed by atoms with Crippen LogP contribution in [0.5, 0.6) is 0 Å². The molecule has 3 nitrogen and oxygen atoms in total. The minimum Gasteiger partial charge on any atom is -0.351 e. The third kappa shape index (κ3) is 3.82. The van der Waals surface area contributed by atoms with Crippen LogP contribution in [0, 0.1) is 5.92 Å². The molecule has 1 fully saturated rings. The van der Waals surface area contributed by atoms with E-state index >= 15 is 0 Å². The van der Waals surface area contributed by atoms with E-state index < -0.39 is 0 Å². The van der Waals surface area contributed by atoms with Crippen LogP contribution in [0.2, 0.25) is 0 Å². The summed E-state index contributed by atoms with van der Waals surface area (Å²) in [6.45, 7) is 6.31. The lowest BCUT2D eigenvalue weighted by Crippen LogP contribution is -2.45. The van der Waals surface area contributed by atoms with Crippen molar-refractivity contribution < 1.29 is 4.79 Å². The minimum absolute atomic E-state index is 0.0709. The smallest absolute Gasteiger partial charge is 0.223 e. The number of carbonyl (C=O) groups excluding carboxylic acids is 1. The van der Waals surface area contributed by atoms with E-state index in [9.17, 15) is 4.79 Å². The molecule has 1 aliphatic carbocycles. The first kappa shape index (κ1) is 12.5. The first-order valence-electron chi connectivity index (χ1n) is 6.02. The van der Waals surface area contributed by atoms with Crippen molar-refractivity contribution in [2.24, 2.45) is 11.7 Å². The Kier molecular flexibility index (Phi) is 4.14. The average molecular weight is 212 g/mol. The van der Waals surface area contributed by atoms with E-state index in [0.29, 0.717) is 0 Å². The maximum atomic E-state index is 11.9. The van der Waals surface area contributed by atoms with Gasteiger partial charge in [-0.3, -0.25) is 4.79 Å². The summed E-state index contributed by atoms with van der Waals surface area (Å²) in [5.41, 5.74) is 5.73. The van der Waals surface area contributed by atoms with Crippen LogP contribution < -0.4 is 11.1 Å². The number of carbonyl (C=O) groups is 1. The zero-order valence-electron chi connectivity index (χ0n) is 10.2. The third-order valence-corrected chi connectivity index (χ3v) is 3.18. The van der Waals surface area contributed by atoms with Gasteiger partial charge in [-0.05, 0) is 39.5 Å². The molecule has 3 N–H and O–H groups in total. The summed E-state index contributed by atoms with van der Waals surface area (Å²) in [4.78, 5) is 11.9. The van der Waals surface area contributed by atoms with Crippen molar-refractivity contribution in [3.8, 4) is 0 Å². The van der Waals surface area contributed by atoms with Crippen molar-refractivity contribution in [2.45, 2.75) is 64.5 Å². The number of nitrogens with two attached hydrogens (primary N) is 1. The average Bonchev–Trinajstić information content (AvgIpc) is 2.50. The van der Waals surface area contributed by atoms with Crippen molar-refractivity contribution in [3.05, 3.63) is 0 Å². The molecular weight excluding hydrogens is 188 g/mol. The standard InChI is InChI=1S/C12H24N2O/c1-4-7-12(2,3)14-11(15)9-5-6-10(13)8-9/h9-10H,4-8,13H2,1-3H3,(H,14,15). The monoisotopic (exact) mass is 212 g/mol. The SMILES string of the molecule is CCCC(C)(C)NC(=O)C1CCC(N)C1. The number of hydrogen-bond acceptors (Lipinski definition) is 2. The summed E-state index contributed by atoms with van der Waals surface area (Å²) < 4.78 is 0. The van der Waals surface area contributed by atoms with Crippen LogP contribution in [-0.2, 0) is 4.79 Å². The molecule has 0 spiro atoms.